The summed E-state index contributed by atoms with van der Waals surface area (Å²) in [6.07, 6.45) is 2.49. The molecule has 0 N–H and O–H groups in total. The molecule has 3 rings (SSSR count). The van der Waals surface area contributed by atoms with Gasteiger partial charge >= 0.3 is 5.97 Å². The molecule has 0 radical (unpaired) electrons. The smallest absolute Gasteiger partial charge is 0.325 e. The van der Waals surface area contributed by atoms with Crippen LogP contribution in [0.15, 0.2) is 48.2 Å². The van der Waals surface area contributed by atoms with Gasteiger partial charge in [-0.25, -0.2) is 0 Å². The zero-order valence-corrected chi connectivity index (χ0v) is 19.3. The average Bonchev–Trinajstić information content (AvgIpc) is 3.06. The van der Waals surface area contributed by atoms with E-state index in [9.17, 15) is 9.59 Å². The number of nitriles is 1. The molecular formula is C24H23N3O5S. The van der Waals surface area contributed by atoms with Crippen molar-refractivity contribution in [1.29, 1.82) is 5.26 Å². The highest BCUT2D eigenvalue weighted by Gasteiger charge is 2.40. The summed E-state index contributed by atoms with van der Waals surface area (Å²) in [4.78, 5) is 28.3. The van der Waals surface area contributed by atoms with Gasteiger partial charge in [0.15, 0.2) is 23.2 Å². The van der Waals surface area contributed by atoms with Crippen molar-refractivity contribution in [2.24, 2.45) is 0 Å². The lowest BCUT2D eigenvalue weighted by molar-refractivity contribution is -0.140. The Hall–Kier alpha value is -3.90. The topological polar surface area (TPSA) is 92.1 Å². The largest absolute Gasteiger partial charge is 0.493 e. The Bertz CT molecular complexity index is 1140. The van der Waals surface area contributed by atoms with E-state index < -0.39 is 5.97 Å². The lowest BCUT2D eigenvalue weighted by atomic mass is 10.1. The third kappa shape index (κ3) is 5.13. The normalized spacial score (nSPS) is 14.4. The Balaban J connectivity index is 2.02. The van der Waals surface area contributed by atoms with E-state index in [4.69, 9.17) is 31.7 Å². The van der Waals surface area contributed by atoms with Gasteiger partial charge in [-0.15, -0.1) is 0 Å². The molecule has 1 fully saturated rings. The Morgan fingerprint density at radius 3 is 2.48 bits per heavy atom. The van der Waals surface area contributed by atoms with Gasteiger partial charge in [0.2, 0.25) is 0 Å². The molecule has 1 aliphatic rings. The van der Waals surface area contributed by atoms with Gasteiger partial charge in [0, 0.05) is 0 Å². The minimum Gasteiger partial charge on any atom is -0.493 e. The van der Waals surface area contributed by atoms with Crippen LogP contribution in [0.1, 0.15) is 18.1 Å². The number of benzene rings is 2. The van der Waals surface area contributed by atoms with Gasteiger partial charge in [0.05, 0.1) is 19.9 Å². The summed E-state index contributed by atoms with van der Waals surface area (Å²) < 4.78 is 15.5. The molecular weight excluding hydrogens is 442 g/mol. The number of aryl methyl sites for hydroxylation is 1. The number of ether oxygens (including phenoxy) is 3. The maximum Gasteiger partial charge on any atom is 0.325 e. The SMILES string of the molecule is CCc1ccc(N2C(=O)/C(=C/c3ccc(OCC#N)c(OC)c3)N(CC(=O)OC)C2=S)cc1. The summed E-state index contributed by atoms with van der Waals surface area (Å²) >= 11 is 5.57. The molecule has 1 saturated heterocycles. The van der Waals surface area contributed by atoms with Crippen molar-refractivity contribution in [2.45, 2.75) is 13.3 Å². The zero-order valence-electron chi connectivity index (χ0n) is 18.5. The van der Waals surface area contributed by atoms with Crippen LogP contribution in [0.2, 0.25) is 0 Å². The van der Waals surface area contributed by atoms with Crippen molar-refractivity contribution >= 4 is 41.0 Å². The maximum absolute atomic E-state index is 13.4. The number of carbonyl (C=O) groups excluding carboxylic acids is 2. The van der Waals surface area contributed by atoms with Crippen LogP contribution in [0.5, 0.6) is 11.5 Å². The molecule has 0 unspecified atom stereocenters. The first kappa shape index (κ1) is 23.8. The number of nitrogens with zero attached hydrogens (tertiary/aromatic N) is 3. The van der Waals surface area contributed by atoms with Crippen LogP contribution in [0, 0.1) is 11.3 Å². The molecule has 8 nitrogen and oxygen atoms in total. The molecule has 2 aromatic carbocycles. The van der Waals surface area contributed by atoms with Gasteiger partial charge in [-0.05, 0) is 60.1 Å². The van der Waals surface area contributed by atoms with E-state index in [1.807, 2.05) is 37.3 Å². The molecule has 0 bridgehead atoms. The van der Waals surface area contributed by atoms with Gasteiger partial charge in [0.1, 0.15) is 18.3 Å². The third-order valence-electron chi connectivity index (χ3n) is 5.04. The predicted octanol–water partition coefficient (Wildman–Crippen LogP) is 3.31. The van der Waals surface area contributed by atoms with Crippen LogP contribution < -0.4 is 14.4 Å². The van der Waals surface area contributed by atoms with Crippen molar-refractivity contribution in [3.8, 4) is 17.6 Å². The van der Waals surface area contributed by atoms with Gasteiger partial charge in [-0.1, -0.05) is 25.1 Å². The number of hydrogen-bond donors (Lipinski definition) is 0. The molecule has 2 aromatic rings. The molecule has 33 heavy (non-hydrogen) atoms. The van der Waals surface area contributed by atoms with E-state index in [2.05, 4.69) is 0 Å². The number of methoxy groups -OCH3 is 2. The van der Waals surface area contributed by atoms with E-state index in [-0.39, 0.29) is 29.9 Å². The van der Waals surface area contributed by atoms with Gasteiger partial charge in [-0.3, -0.25) is 14.5 Å². The summed E-state index contributed by atoms with van der Waals surface area (Å²) in [6, 6.07) is 14.5. The lowest BCUT2D eigenvalue weighted by Gasteiger charge is -2.19. The van der Waals surface area contributed by atoms with Crippen molar-refractivity contribution < 1.29 is 23.8 Å². The van der Waals surface area contributed by atoms with Crippen LogP contribution in [0.3, 0.4) is 0 Å². The quantitative estimate of drug-likeness (QED) is 0.333. The Kier molecular flexibility index (Phi) is 7.64. The number of thiocarbonyl (C=S) groups is 1. The van der Waals surface area contributed by atoms with Crippen molar-refractivity contribution in [3.05, 3.63) is 59.3 Å². The molecule has 0 spiro atoms. The second-order valence-electron chi connectivity index (χ2n) is 6.99. The fourth-order valence-electron chi connectivity index (χ4n) is 3.30. The first-order valence-corrected chi connectivity index (χ1v) is 10.6. The van der Waals surface area contributed by atoms with Crippen LogP contribution in [-0.2, 0) is 20.7 Å². The summed E-state index contributed by atoms with van der Waals surface area (Å²) in [6.45, 7) is 1.71. The maximum atomic E-state index is 13.4. The second kappa shape index (κ2) is 10.6. The molecule has 1 amide bonds. The van der Waals surface area contributed by atoms with E-state index in [1.165, 1.54) is 24.0 Å². The summed E-state index contributed by atoms with van der Waals surface area (Å²) in [5.74, 6) is -0.0911. The van der Waals surface area contributed by atoms with Crippen LogP contribution in [-0.4, -0.2) is 49.3 Å². The van der Waals surface area contributed by atoms with Crippen molar-refractivity contribution in [3.63, 3.8) is 0 Å². The van der Waals surface area contributed by atoms with Crippen molar-refractivity contribution in [2.75, 3.05) is 32.3 Å². The highest BCUT2D eigenvalue weighted by atomic mass is 32.1. The summed E-state index contributed by atoms with van der Waals surface area (Å²) in [5.41, 5.74) is 2.58. The minimum atomic E-state index is -0.530. The van der Waals surface area contributed by atoms with E-state index >= 15 is 0 Å². The first-order valence-electron chi connectivity index (χ1n) is 10.1. The highest BCUT2D eigenvalue weighted by molar-refractivity contribution is 7.80. The van der Waals surface area contributed by atoms with Gasteiger partial charge < -0.3 is 19.1 Å². The fourth-order valence-corrected chi connectivity index (χ4v) is 3.65. The fraction of sp³-hybridized carbons (Fsp3) is 0.250. The lowest BCUT2D eigenvalue weighted by Crippen LogP contribution is -2.35. The number of rotatable bonds is 8. The first-order chi connectivity index (χ1) is 15.9. The molecule has 0 aromatic heterocycles. The Labute approximate surface area is 197 Å². The Morgan fingerprint density at radius 2 is 1.88 bits per heavy atom. The van der Waals surface area contributed by atoms with Gasteiger partial charge in [0.25, 0.3) is 5.91 Å². The zero-order chi connectivity index (χ0) is 24.0. The monoisotopic (exact) mass is 465 g/mol. The average molecular weight is 466 g/mol. The minimum absolute atomic E-state index is 0.123. The Morgan fingerprint density at radius 1 is 1.15 bits per heavy atom. The molecule has 9 heteroatoms. The standard InChI is InChI=1S/C24H23N3O5S/c1-4-16-5-8-18(9-6-16)27-23(29)19(26(24(27)33)15-22(28)31-3)13-17-7-10-20(32-12-11-25)21(14-17)30-2/h5-10,13-14H,4,12,15H2,1-3H3/b19-13-. The number of anilines is 1. The van der Waals surface area contributed by atoms with Gasteiger partial charge in [-0.2, -0.15) is 5.26 Å². The molecule has 0 atom stereocenters. The van der Waals surface area contributed by atoms with Crippen LogP contribution >= 0.6 is 12.2 Å². The molecule has 0 saturated carbocycles. The summed E-state index contributed by atoms with van der Waals surface area (Å²) in [5, 5.41) is 8.92. The van der Waals surface area contributed by atoms with E-state index in [1.54, 1.807) is 24.3 Å². The van der Waals surface area contributed by atoms with Crippen LogP contribution in [0.25, 0.3) is 6.08 Å². The molecule has 1 heterocycles. The molecule has 1 aliphatic heterocycles. The predicted molar refractivity (Wildman–Crippen MR) is 127 cm³/mol. The number of amides is 1. The third-order valence-corrected chi connectivity index (χ3v) is 5.44. The summed E-state index contributed by atoms with van der Waals surface area (Å²) in [7, 11) is 2.76. The van der Waals surface area contributed by atoms with E-state index in [0.717, 1.165) is 12.0 Å². The molecule has 170 valence electrons. The number of esters is 1. The highest BCUT2D eigenvalue weighted by Crippen LogP contribution is 2.32. The van der Waals surface area contributed by atoms with E-state index in [0.29, 0.717) is 22.7 Å². The number of hydrogen-bond acceptors (Lipinski definition) is 7. The molecule has 0 aliphatic carbocycles. The van der Waals surface area contributed by atoms with Crippen LogP contribution in [0.4, 0.5) is 5.69 Å². The number of carbonyl (C=O) groups is 2. The second-order valence-corrected chi connectivity index (χ2v) is 7.36. The van der Waals surface area contributed by atoms with Crippen molar-refractivity contribution in [1.82, 2.24) is 4.90 Å².